The molecule has 4 nitrogen and oxygen atoms in total. The summed E-state index contributed by atoms with van der Waals surface area (Å²) in [6, 6.07) is 7.24. The van der Waals surface area contributed by atoms with Crippen molar-refractivity contribution in [2.45, 2.75) is 19.2 Å². The molecule has 1 aromatic rings. The summed E-state index contributed by atoms with van der Waals surface area (Å²) in [6.07, 6.45) is 0. The van der Waals surface area contributed by atoms with Crippen LogP contribution in [0.25, 0.3) is 0 Å². The smallest absolute Gasteiger partial charge is 0.285 e. The molecule has 1 aromatic carbocycles. The van der Waals surface area contributed by atoms with Crippen LogP contribution in [0, 0.1) is 6.92 Å². The maximum absolute atomic E-state index is 10.7. The van der Waals surface area contributed by atoms with Crippen LogP contribution >= 0.6 is 0 Å². The maximum atomic E-state index is 10.7. The highest BCUT2D eigenvalue weighted by atomic mass is 32.2. The van der Waals surface area contributed by atoms with Crippen LogP contribution in [-0.2, 0) is 10.1 Å². The monoisotopic (exact) mass is 215 g/mol. The minimum Gasteiger partial charge on any atom is -0.367 e. The Balaban J connectivity index is 2.75. The third-order valence-corrected chi connectivity index (χ3v) is 2.88. The second-order valence-electron chi connectivity index (χ2n) is 3.17. The zero-order valence-electron chi connectivity index (χ0n) is 8.06. The van der Waals surface area contributed by atoms with Gasteiger partial charge in [-0.15, -0.1) is 0 Å². The molecule has 0 saturated heterocycles. The van der Waals surface area contributed by atoms with Crippen LogP contribution in [0.15, 0.2) is 24.3 Å². The molecule has 0 heterocycles. The summed E-state index contributed by atoms with van der Waals surface area (Å²) < 4.78 is 30.1. The summed E-state index contributed by atoms with van der Waals surface area (Å²) in [7, 11) is -4.02. The molecule has 0 saturated carbocycles. The number of anilines is 1. The van der Waals surface area contributed by atoms with Gasteiger partial charge < -0.3 is 5.32 Å². The largest absolute Gasteiger partial charge is 0.367 e. The van der Waals surface area contributed by atoms with Gasteiger partial charge in [0, 0.05) is 5.69 Å². The van der Waals surface area contributed by atoms with Gasteiger partial charge in [-0.2, -0.15) is 8.42 Å². The lowest BCUT2D eigenvalue weighted by Gasteiger charge is -2.11. The fourth-order valence-electron chi connectivity index (χ4n) is 0.959. The first kappa shape index (κ1) is 11.0. The molecule has 0 fully saturated rings. The van der Waals surface area contributed by atoms with Crippen molar-refractivity contribution in [3.05, 3.63) is 29.8 Å². The number of hydrogen-bond acceptors (Lipinski definition) is 3. The van der Waals surface area contributed by atoms with E-state index in [-0.39, 0.29) is 0 Å². The van der Waals surface area contributed by atoms with Gasteiger partial charge in [-0.3, -0.25) is 4.55 Å². The predicted molar refractivity (Wildman–Crippen MR) is 55.8 cm³/mol. The van der Waals surface area contributed by atoms with Crippen LogP contribution in [0.1, 0.15) is 12.5 Å². The first-order chi connectivity index (χ1) is 6.39. The number of nitrogens with one attached hydrogen (secondary N) is 1. The molecule has 0 aliphatic rings. The van der Waals surface area contributed by atoms with Crippen LogP contribution in [0.4, 0.5) is 5.69 Å². The zero-order valence-corrected chi connectivity index (χ0v) is 8.88. The van der Waals surface area contributed by atoms with Gasteiger partial charge in [-0.1, -0.05) is 17.7 Å². The van der Waals surface area contributed by atoms with Crippen LogP contribution in [0.2, 0.25) is 0 Å². The lowest BCUT2D eigenvalue weighted by atomic mass is 10.2. The average Bonchev–Trinajstić information content (AvgIpc) is 2.07. The van der Waals surface area contributed by atoms with Gasteiger partial charge in [0.15, 0.2) is 5.37 Å². The van der Waals surface area contributed by atoms with Crippen molar-refractivity contribution in [2.75, 3.05) is 5.32 Å². The Kier molecular flexibility index (Phi) is 3.13. The van der Waals surface area contributed by atoms with Crippen molar-refractivity contribution >= 4 is 15.8 Å². The normalized spacial score (nSPS) is 13.6. The van der Waals surface area contributed by atoms with Gasteiger partial charge in [0.25, 0.3) is 10.1 Å². The van der Waals surface area contributed by atoms with E-state index in [1.165, 1.54) is 6.92 Å². The standard InChI is InChI=1S/C9H13NO3S/c1-7-3-5-9(6-4-7)10-8(2)14(11,12)13/h3-6,8,10H,1-2H3,(H,11,12,13). The number of hydrogen-bond donors (Lipinski definition) is 2. The van der Waals surface area contributed by atoms with Crippen molar-refractivity contribution < 1.29 is 13.0 Å². The third kappa shape index (κ3) is 3.01. The van der Waals surface area contributed by atoms with E-state index in [0.29, 0.717) is 5.69 Å². The molecule has 1 rings (SSSR count). The predicted octanol–water partition coefficient (Wildman–Crippen LogP) is 1.64. The van der Waals surface area contributed by atoms with Crippen LogP contribution < -0.4 is 5.32 Å². The summed E-state index contributed by atoms with van der Waals surface area (Å²) in [5.74, 6) is 0. The van der Waals surface area contributed by atoms with E-state index < -0.39 is 15.5 Å². The van der Waals surface area contributed by atoms with Crippen LogP contribution in [-0.4, -0.2) is 18.3 Å². The van der Waals surface area contributed by atoms with Gasteiger partial charge in [-0.25, -0.2) is 0 Å². The Morgan fingerprint density at radius 2 is 1.79 bits per heavy atom. The Bertz CT molecular complexity index is 397. The molecule has 1 unspecified atom stereocenters. The molecule has 0 aliphatic carbocycles. The van der Waals surface area contributed by atoms with Crippen LogP contribution in [0.3, 0.4) is 0 Å². The molecule has 0 amide bonds. The summed E-state index contributed by atoms with van der Waals surface area (Å²) in [4.78, 5) is 0. The highest BCUT2D eigenvalue weighted by Crippen LogP contribution is 2.11. The highest BCUT2D eigenvalue weighted by Gasteiger charge is 2.15. The molecule has 0 spiro atoms. The molecule has 0 radical (unpaired) electrons. The van der Waals surface area contributed by atoms with Gasteiger partial charge >= 0.3 is 0 Å². The van der Waals surface area contributed by atoms with Gasteiger partial charge in [0.2, 0.25) is 0 Å². The lowest BCUT2D eigenvalue weighted by Crippen LogP contribution is -2.25. The summed E-state index contributed by atoms with van der Waals surface area (Å²) in [5, 5.41) is 1.68. The van der Waals surface area contributed by atoms with Crippen molar-refractivity contribution in [1.82, 2.24) is 0 Å². The Morgan fingerprint density at radius 3 is 2.21 bits per heavy atom. The van der Waals surface area contributed by atoms with E-state index in [0.717, 1.165) is 5.56 Å². The molecule has 5 heteroatoms. The van der Waals surface area contributed by atoms with Crippen molar-refractivity contribution in [3.8, 4) is 0 Å². The first-order valence-corrected chi connectivity index (χ1v) is 5.69. The van der Waals surface area contributed by atoms with Gasteiger partial charge in [-0.05, 0) is 26.0 Å². The minimum atomic E-state index is -4.02. The van der Waals surface area contributed by atoms with Crippen molar-refractivity contribution in [2.24, 2.45) is 0 Å². The lowest BCUT2D eigenvalue weighted by molar-refractivity contribution is 0.475. The summed E-state index contributed by atoms with van der Waals surface area (Å²) in [6.45, 7) is 3.32. The molecule has 0 bridgehead atoms. The number of rotatable bonds is 3. The average molecular weight is 215 g/mol. The molecule has 1 atom stereocenters. The maximum Gasteiger partial charge on any atom is 0.285 e. The second kappa shape index (κ2) is 3.98. The van der Waals surface area contributed by atoms with E-state index in [4.69, 9.17) is 4.55 Å². The van der Waals surface area contributed by atoms with E-state index in [1.54, 1.807) is 12.1 Å². The van der Waals surface area contributed by atoms with Crippen LogP contribution in [0.5, 0.6) is 0 Å². The van der Waals surface area contributed by atoms with Gasteiger partial charge in [0.1, 0.15) is 0 Å². The molecule has 78 valence electrons. The second-order valence-corrected chi connectivity index (χ2v) is 4.90. The van der Waals surface area contributed by atoms with E-state index in [1.807, 2.05) is 19.1 Å². The fourth-order valence-corrected chi connectivity index (χ4v) is 1.24. The van der Waals surface area contributed by atoms with Crippen molar-refractivity contribution in [3.63, 3.8) is 0 Å². The zero-order chi connectivity index (χ0) is 10.8. The molecule has 0 aromatic heterocycles. The quantitative estimate of drug-likeness (QED) is 0.752. The fraction of sp³-hybridized carbons (Fsp3) is 0.333. The van der Waals surface area contributed by atoms with Crippen molar-refractivity contribution in [1.29, 1.82) is 0 Å². The SMILES string of the molecule is Cc1ccc(NC(C)S(=O)(=O)O)cc1. The van der Waals surface area contributed by atoms with E-state index in [2.05, 4.69) is 5.32 Å². The summed E-state index contributed by atoms with van der Waals surface area (Å²) >= 11 is 0. The number of benzene rings is 1. The molecule has 14 heavy (non-hydrogen) atoms. The Hall–Kier alpha value is -1.07. The van der Waals surface area contributed by atoms with E-state index in [9.17, 15) is 8.42 Å². The van der Waals surface area contributed by atoms with Gasteiger partial charge in [0.05, 0.1) is 0 Å². The Morgan fingerprint density at radius 1 is 1.29 bits per heavy atom. The third-order valence-electron chi connectivity index (χ3n) is 1.87. The Labute approximate surface area is 83.7 Å². The topological polar surface area (TPSA) is 66.4 Å². The highest BCUT2D eigenvalue weighted by molar-refractivity contribution is 7.86. The van der Waals surface area contributed by atoms with E-state index >= 15 is 0 Å². The first-order valence-electron chi connectivity index (χ1n) is 4.19. The summed E-state index contributed by atoms with van der Waals surface area (Å²) in [5.41, 5.74) is 1.76. The minimum absolute atomic E-state index is 0.667. The molecular formula is C9H13NO3S. The molecule has 2 N–H and O–H groups in total. The molecule has 0 aliphatic heterocycles. The molecular weight excluding hydrogens is 202 g/mol. The number of aryl methyl sites for hydroxylation is 1.